The normalized spacial score (nSPS) is 16.7. The van der Waals surface area contributed by atoms with Crippen molar-refractivity contribution in [2.45, 2.75) is 25.7 Å². The molecule has 0 radical (unpaired) electrons. The van der Waals surface area contributed by atoms with Crippen molar-refractivity contribution < 1.29 is 0 Å². The molecule has 5 rings (SSSR count). The van der Waals surface area contributed by atoms with Crippen molar-refractivity contribution in [3.63, 3.8) is 0 Å². The number of anilines is 2. The third-order valence-electron chi connectivity index (χ3n) is 5.58. The molecular weight excluding hydrogens is 350 g/mol. The van der Waals surface area contributed by atoms with Gasteiger partial charge < -0.3 is 9.80 Å². The number of rotatable bonds is 3. The van der Waals surface area contributed by atoms with E-state index in [9.17, 15) is 0 Å². The lowest BCUT2D eigenvalue weighted by molar-refractivity contribution is 0.616. The second-order valence-electron chi connectivity index (χ2n) is 7.28. The predicted octanol–water partition coefficient (Wildman–Crippen LogP) is 2.53. The number of piperazine rings is 1. The molecule has 7 heteroatoms. The smallest absolute Gasteiger partial charge is 0.225 e. The van der Waals surface area contributed by atoms with E-state index >= 15 is 0 Å². The van der Waals surface area contributed by atoms with Gasteiger partial charge in [0.2, 0.25) is 5.95 Å². The molecule has 0 spiro atoms. The Hall–Kier alpha value is -3.09. The zero-order valence-electron chi connectivity index (χ0n) is 15.8. The molecule has 3 aromatic rings. The number of pyridine rings is 1. The van der Waals surface area contributed by atoms with Crippen molar-refractivity contribution in [1.29, 1.82) is 0 Å². The molecule has 0 bridgehead atoms. The van der Waals surface area contributed by atoms with E-state index in [0.717, 1.165) is 62.0 Å². The Morgan fingerprint density at radius 1 is 0.750 bits per heavy atom. The molecule has 7 nitrogen and oxygen atoms in total. The largest absolute Gasteiger partial charge is 0.353 e. The monoisotopic (exact) mass is 373 g/mol. The first-order chi connectivity index (χ1) is 13.9. The molecule has 2 aliphatic rings. The molecule has 3 aromatic heterocycles. The highest BCUT2D eigenvalue weighted by Gasteiger charge is 2.24. The molecule has 0 atom stereocenters. The van der Waals surface area contributed by atoms with E-state index in [0.29, 0.717) is 0 Å². The second kappa shape index (κ2) is 7.50. The number of nitrogens with zero attached hydrogens (tertiary/aromatic N) is 7. The Bertz CT molecular complexity index is 952. The summed E-state index contributed by atoms with van der Waals surface area (Å²) in [6, 6.07) is 5.90. The summed E-state index contributed by atoms with van der Waals surface area (Å²) in [7, 11) is 0. The highest BCUT2D eigenvalue weighted by atomic mass is 15.3. The Labute approximate surface area is 164 Å². The van der Waals surface area contributed by atoms with Crippen LogP contribution in [-0.4, -0.2) is 51.1 Å². The first kappa shape index (κ1) is 17.0. The van der Waals surface area contributed by atoms with E-state index in [1.54, 1.807) is 18.7 Å². The quantitative estimate of drug-likeness (QED) is 0.699. The Balaban J connectivity index is 1.32. The van der Waals surface area contributed by atoms with Gasteiger partial charge in [-0.15, -0.1) is 0 Å². The van der Waals surface area contributed by atoms with Crippen molar-refractivity contribution in [2.24, 2.45) is 0 Å². The number of hydrogen-bond acceptors (Lipinski definition) is 7. The van der Waals surface area contributed by atoms with Crippen molar-refractivity contribution in [2.75, 3.05) is 36.0 Å². The summed E-state index contributed by atoms with van der Waals surface area (Å²) in [4.78, 5) is 27.2. The Morgan fingerprint density at radius 3 is 2.39 bits per heavy atom. The highest BCUT2D eigenvalue weighted by Crippen LogP contribution is 2.28. The molecule has 28 heavy (non-hydrogen) atoms. The van der Waals surface area contributed by atoms with Gasteiger partial charge in [-0.25, -0.2) is 19.9 Å². The van der Waals surface area contributed by atoms with Gasteiger partial charge >= 0.3 is 0 Å². The Kier molecular flexibility index (Phi) is 4.56. The van der Waals surface area contributed by atoms with Gasteiger partial charge in [0.15, 0.2) is 0 Å². The van der Waals surface area contributed by atoms with Gasteiger partial charge in [0.25, 0.3) is 0 Å². The summed E-state index contributed by atoms with van der Waals surface area (Å²) in [6.07, 6.45) is 11.8. The molecule has 0 amide bonds. The number of fused-ring (bicyclic) bond motifs is 1. The van der Waals surface area contributed by atoms with Crippen molar-refractivity contribution >= 4 is 11.8 Å². The van der Waals surface area contributed by atoms with Gasteiger partial charge in [-0.1, -0.05) is 0 Å². The van der Waals surface area contributed by atoms with Crippen LogP contribution in [0, 0.1) is 0 Å². The third kappa shape index (κ3) is 3.28. The molecule has 0 N–H and O–H groups in total. The predicted molar refractivity (Wildman–Crippen MR) is 108 cm³/mol. The van der Waals surface area contributed by atoms with Crippen LogP contribution < -0.4 is 9.80 Å². The minimum atomic E-state index is 0.790. The fourth-order valence-electron chi connectivity index (χ4n) is 4.08. The SMILES string of the molecule is c1cc(-c2ccnc(N3CCN(c4ncnc5c4CCCC5)CC3)n2)ccn1. The van der Waals surface area contributed by atoms with Gasteiger partial charge in [-0.05, 0) is 43.9 Å². The van der Waals surface area contributed by atoms with Crippen LogP contribution in [0.1, 0.15) is 24.1 Å². The van der Waals surface area contributed by atoms with Gasteiger partial charge in [0, 0.05) is 61.6 Å². The first-order valence-corrected chi connectivity index (χ1v) is 9.94. The average Bonchev–Trinajstić information content (AvgIpc) is 2.79. The molecule has 0 saturated carbocycles. The topological polar surface area (TPSA) is 70.9 Å². The van der Waals surface area contributed by atoms with Crippen LogP contribution in [0.3, 0.4) is 0 Å². The van der Waals surface area contributed by atoms with E-state index in [-0.39, 0.29) is 0 Å². The van der Waals surface area contributed by atoms with E-state index in [1.165, 1.54) is 24.1 Å². The van der Waals surface area contributed by atoms with E-state index < -0.39 is 0 Å². The summed E-state index contributed by atoms with van der Waals surface area (Å²) in [5, 5.41) is 0. The standard InChI is InChI=1S/C21H23N7/c1-2-4-19-17(3-1)20(25-15-24-19)27-11-13-28(14-12-27)21-23-10-7-18(26-21)16-5-8-22-9-6-16/h5-10,15H,1-4,11-14H2. The lowest BCUT2D eigenvalue weighted by Crippen LogP contribution is -2.47. The molecule has 0 aromatic carbocycles. The fraction of sp³-hybridized carbons (Fsp3) is 0.381. The van der Waals surface area contributed by atoms with Crippen LogP contribution in [0.15, 0.2) is 43.1 Å². The molecule has 1 saturated heterocycles. The van der Waals surface area contributed by atoms with Gasteiger partial charge in [-0.2, -0.15) is 0 Å². The second-order valence-corrected chi connectivity index (χ2v) is 7.28. The van der Waals surface area contributed by atoms with Crippen molar-refractivity contribution in [3.05, 3.63) is 54.4 Å². The molecule has 1 aliphatic heterocycles. The number of aryl methyl sites for hydroxylation is 1. The Morgan fingerprint density at radius 2 is 1.54 bits per heavy atom. The van der Waals surface area contributed by atoms with Crippen molar-refractivity contribution in [1.82, 2.24) is 24.9 Å². The summed E-state index contributed by atoms with van der Waals surface area (Å²) in [6.45, 7) is 3.62. The van der Waals surface area contributed by atoms with Crippen LogP contribution in [0.25, 0.3) is 11.3 Å². The molecule has 1 fully saturated rings. The molecule has 0 unspecified atom stereocenters. The minimum absolute atomic E-state index is 0.790. The summed E-state index contributed by atoms with van der Waals surface area (Å²) >= 11 is 0. The van der Waals surface area contributed by atoms with Crippen LogP contribution in [0.5, 0.6) is 0 Å². The van der Waals surface area contributed by atoms with Gasteiger partial charge in [0.1, 0.15) is 12.1 Å². The van der Waals surface area contributed by atoms with Crippen molar-refractivity contribution in [3.8, 4) is 11.3 Å². The number of hydrogen-bond donors (Lipinski definition) is 0. The van der Waals surface area contributed by atoms with Crippen LogP contribution in [-0.2, 0) is 12.8 Å². The fourth-order valence-corrected chi connectivity index (χ4v) is 4.08. The maximum Gasteiger partial charge on any atom is 0.225 e. The van der Waals surface area contributed by atoms with Crippen LogP contribution in [0.4, 0.5) is 11.8 Å². The van der Waals surface area contributed by atoms with E-state index in [1.807, 2.05) is 24.4 Å². The maximum atomic E-state index is 4.78. The zero-order valence-corrected chi connectivity index (χ0v) is 15.8. The summed E-state index contributed by atoms with van der Waals surface area (Å²) in [5.41, 5.74) is 4.59. The number of aromatic nitrogens is 5. The molecular formula is C21H23N7. The van der Waals surface area contributed by atoms with E-state index in [2.05, 4.69) is 29.7 Å². The summed E-state index contributed by atoms with van der Waals surface area (Å²) in [5.74, 6) is 1.93. The minimum Gasteiger partial charge on any atom is -0.353 e. The highest BCUT2D eigenvalue weighted by molar-refractivity contribution is 5.59. The summed E-state index contributed by atoms with van der Waals surface area (Å²) < 4.78 is 0. The molecule has 4 heterocycles. The lowest BCUT2D eigenvalue weighted by atomic mass is 9.96. The van der Waals surface area contributed by atoms with Crippen LogP contribution >= 0.6 is 0 Å². The lowest BCUT2D eigenvalue weighted by Gasteiger charge is -2.36. The average molecular weight is 373 g/mol. The van der Waals surface area contributed by atoms with E-state index in [4.69, 9.17) is 4.98 Å². The third-order valence-corrected chi connectivity index (χ3v) is 5.58. The molecule has 142 valence electrons. The first-order valence-electron chi connectivity index (χ1n) is 9.94. The maximum absolute atomic E-state index is 4.78. The van der Waals surface area contributed by atoms with Gasteiger partial charge in [0.05, 0.1) is 5.69 Å². The van der Waals surface area contributed by atoms with Crippen LogP contribution in [0.2, 0.25) is 0 Å². The zero-order chi connectivity index (χ0) is 18.8. The van der Waals surface area contributed by atoms with Gasteiger partial charge in [-0.3, -0.25) is 4.98 Å². The molecule has 1 aliphatic carbocycles.